The van der Waals surface area contributed by atoms with Crippen molar-refractivity contribution in [1.82, 2.24) is 0 Å². The zero-order valence-corrected chi connectivity index (χ0v) is 16.4. The van der Waals surface area contributed by atoms with Crippen molar-refractivity contribution in [3.05, 3.63) is 87.7 Å². The van der Waals surface area contributed by atoms with Gasteiger partial charge in [0, 0.05) is 17.8 Å². The fourth-order valence-electron chi connectivity index (χ4n) is 2.71. The third-order valence-corrected chi connectivity index (χ3v) is 5.72. The van der Waals surface area contributed by atoms with Gasteiger partial charge < -0.3 is 5.32 Å². The molecule has 0 saturated carbocycles. The van der Waals surface area contributed by atoms with Crippen molar-refractivity contribution in [3.63, 3.8) is 0 Å². The van der Waals surface area contributed by atoms with Gasteiger partial charge in [-0.1, -0.05) is 18.2 Å². The summed E-state index contributed by atoms with van der Waals surface area (Å²) in [6, 6.07) is 15.5. The van der Waals surface area contributed by atoms with Crippen LogP contribution in [0.1, 0.15) is 11.1 Å². The van der Waals surface area contributed by atoms with Crippen molar-refractivity contribution < 1.29 is 17.7 Å². The first-order chi connectivity index (χ1) is 14.2. The Balaban J connectivity index is 1.95. The zero-order chi connectivity index (χ0) is 21.9. The van der Waals surface area contributed by atoms with Crippen LogP contribution in [0.2, 0.25) is 0 Å². The van der Waals surface area contributed by atoms with E-state index in [4.69, 9.17) is 0 Å². The van der Waals surface area contributed by atoms with Crippen LogP contribution in [-0.2, 0) is 10.0 Å². The molecule has 0 unspecified atom stereocenters. The average Bonchev–Trinajstić information content (AvgIpc) is 2.71. The fraction of sp³-hybridized carbons (Fsp3) is 0.0500. The van der Waals surface area contributed by atoms with Crippen molar-refractivity contribution >= 4 is 32.8 Å². The average molecular weight is 426 g/mol. The van der Waals surface area contributed by atoms with Crippen molar-refractivity contribution in [2.24, 2.45) is 0 Å². The largest absolute Gasteiger partial charge is 0.354 e. The molecule has 8 nitrogen and oxygen atoms in total. The maximum atomic E-state index is 13.9. The number of hydrogen-bond donors (Lipinski definition) is 2. The summed E-state index contributed by atoms with van der Waals surface area (Å²) in [5, 5.41) is 23.0. The highest BCUT2D eigenvalue weighted by atomic mass is 32.2. The minimum Gasteiger partial charge on any atom is -0.354 e. The topological polar surface area (TPSA) is 125 Å². The molecule has 152 valence electrons. The molecule has 0 aliphatic heterocycles. The molecule has 0 spiro atoms. The van der Waals surface area contributed by atoms with Gasteiger partial charge in [-0.2, -0.15) is 5.26 Å². The highest BCUT2D eigenvalue weighted by molar-refractivity contribution is 7.92. The molecule has 0 heterocycles. The lowest BCUT2D eigenvalue weighted by Crippen LogP contribution is -2.15. The van der Waals surface area contributed by atoms with Crippen LogP contribution in [0.15, 0.2) is 65.6 Å². The van der Waals surface area contributed by atoms with E-state index in [9.17, 15) is 28.2 Å². The van der Waals surface area contributed by atoms with Crippen LogP contribution in [0.3, 0.4) is 0 Å². The molecule has 0 aliphatic rings. The van der Waals surface area contributed by atoms with E-state index in [-0.39, 0.29) is 27.5 Å². The van der Waals surface area contributed by atoms with Gasteiger partial charge in [-0.3, -0.25) is 14.8 Å². The van der Waals surface area contributed by atoms with Crippen LogP contribution in [0.5, 0.6) is 0 Å². The molecule has 0 bridgehead atoms. The van der Waals surface area contributed by atoms with Crippen LogP contribution in [0.4, 0.5) is 27.1 Å². The van der Waals surface area contributed by atoms with Gasteiger partial charge in [0.15, 0.2) is 0 Å². The number of nitro groups is 1. The Kier molecular flexibility index (Phi) is 5.66. The van der Waals surface area contributed by atoms with E-state index in [2.05, 4.69) is 10.0 Å². The lowest BCUT2D eigenvalue weighted by Gasteiger charge is -2.14. The highest BCUT2D eigenvalue weighted by Crippen LogP contribution is 2.28. The number of halogens is 1. The fourth-order valence-corrected chi connectivity index (χ4v) is 4.05. The Morgan fingerprint density at radius 3 is 2.47 bits per heavy atom. The van der Waals surface area contributed by atoms with Crippen LogP contribution in [0.25, 0.3) is 0 Å². The van der Waals surface area contributed by atoms with E-state index in [1.807, 2.05) is 6.07 Å². The summed E-state index contributed by atoms with van der Waals surface area (Å²) in [6.45, 7) is 1.59. The molecule has 0 amide bonds. The Morgan fingerprint density at radius 1 is 1.07 bits per heavy atom. The molecular weight excluding hydrogens is 411 g/mol. The first-order valence-electron chi connectivity index (χ1n) is 8.55. The van der Waals surface area contributed by atoms with Crippen LogP contribution in [-0.4, -0.2) is 13.3 Å². The van der Waals surface area contributed by atoms with Gasteiger partial charge in [0.2, 0.25) is 0 Å². The summed E-state index contributed by atoms with van der Waals surface area (Å²) in [6.07, 6.45) is 0. The number of para-hydroxylation sites is 1. The number of aryl methyl sites for hydroxylation is 1. The van der Waals surface area contributed by atoms with E-state index in [1.165, 1.54) is 36.4 Å². The number of rotatable bonds is 6. The quantitative estimate of drug-likeness (QED) is 0.443. The van der Waals surface area contributed by atoms with Crippen molar-refractivity contribution in [1.29, 1.82) is 5.26 Å². The molecule has 0 aliphatic carbocycles. The minimum atomic E-state index is -4.10. The summed E-state index contributed by atoms with van der Waals surface area (Å²) < 4.78 is 41.7. The molecule has 3 aromatic carbocycles. The number of nitriles is 1. The Hall–Kier alpha value is -3.97. The molecular formula is C20H15FN4O4S. The van der Waals surface area contributed by atoms with Gasteiger partial charge in [-0.15, -0.1) is 0 Å². The van der Waals surface area contributed by atoms with E-state index < -0.39 is 20.8 Å². The number of non-ortho nitro benzene ring substituents is 1. The molecule has 0 fully saturated rings. The molecule has 0 atom stereocenters. The summed E-state index contributed by atoms with van der Waals surface area (Å²) >= 11 is 0. The smallest absolute Gasteiger partial charge is 0.270 e. The van der Waals surface area contributed by atoms with Gasteiger partial charge in [-0.25, -0.2) is 12.8 Å². The molecule has 2 N–H and O–H groups in total. The molecule has 30 heavy (non-hydrogen) atoms. The van der Waals surface area contributed by atoms with E-state index in [0.717, 1.165) is 12.1 Å². The summed E-state index contributed by atoms with van der Waals surface area (Å²) in [5.41, 5.74) is 0.639. The lowest BCUT2D eigenvalue weighted by molar-refractivity contribution is -0.384. The van der Waals surface area contributed by atoms with Gasteiger partial charge >= 0.3 is 0 Å². The molecule has 0 saturated heterocycles. The van der Waals surface area contributed by atoms with E-state index >= 15 is 0 Å². The summed E-state index contributed by atoms with van der Waals surface area (Å²) in [5.74, 6) is -0.711. The second-order valence-electron chi connectivity index (χ2n) is 6.29. The van der Waals surface area contributed by atoms with Gasteiger partial charge in [0.05, 0.1) is 26.8 Å². The van der Waals surface area contributed by atoms with Crippen LogP contribution in [0, 0.1) is 34.2 Å². The second kappa shape index (κ2) is 8.18. The van der Waals surface area contributed by atoms with E-state index in [1.54, 1.807) is 19.1 Å². The zero-order valence-electron chi connectivity index (χ0n) is 15.6. The number of hydrogen-bond acceptors (Lipinski definition) is 6. The first-order valence-corrected chi connectivity index (χ1v) is 10.0. The van der Waals surface area contributed by atoms with Crippen molar-refractivity contribution in [2.45, 2.75) is 11.8 Å². The molecule has 3 rings (SSSR count). The molecule has 3 aromatic rings. The third-order valence-electron chi connectivity index (χ3n) is 4.21. The first kappa shape index (κ1) is 20.8. The predicted octanol–water partition coefficient (Wildman–Crippen LogP) is 4.46. The third kappa shape index (κ3) is 4.37. The summed E-state index contributed by atoms with van der Waals surface area (Å²) in [4.78, 5) is 10.2. The van der Waals surface area contributed by atoms with E-state index in [0.29, 0.717) is 11.3 Å². The maximum Gasteiger partial charge on any atom is 0.270 e. The van der Waals surface area contributed by atoms with Gasteiger partial charge in [0.1, 0.15) is 11.9 Å². The van der Waals surface area contributed by atoms with Crippen molar-refractivity contribution in [3.8, 4) is 6.07 Å². The SMILES string of the molecule is Cc1ccc(Nc2ccc([N+](=O)[O-])cc2C#N)cc1S(=O)(=O)Nc1ccccc1F. The number of anilines is 3. The lowest BCUT2D eigenvalue weighted by atomic mass is 10.1. The number of nitro benzene ring substituents is 1. The second-order valence-corrected chi connectivity index (χ2v) is 7.94. The predicted molar refractivity (Wildman–Crippen MR) is 109 cm³/mol. The standard InChI is InChI=1S/C20H15FN4O4S/c1-13-6-7-15(23-18-9-8-16(25(26)27)10-14(18)12-22)11-20(13)30(28,29)24-19-5-3-2-4-17(19)21/h2-11,23-24H,1H3. The molecule has 10 heteroatoms. The number of sulfonamides is 1. The number of benzene rings is 3. The van der Waals surface area contributed by atoms with Gasteiger partial charge in [0.25, 0.3) is 15.7 Å². The molecule has 0 aromatic heterocycles. The van der Waals surface area contributed by atoms with Crippen LogP contribution < -0.4 is 10.0 Å². The van der Waals surface area contributed by atoms with Crippen molar-refractivity contribution in [2.75, 3.05) is 10.0 Å². The minimum absolute atomic E-state index is 0.0265. The van der Waals surface area contributed by atoms with Gasteiger partial charge in [-0.05, 0) is 42.8 Å². The highest BCUT2D eigenvalue weighted by Gasteiger charge is 2.20. The monoisotopic (exact) mass is 426 g/mol. The Morgan fingerprint density at radius 2 is 1.80 bits per heavy atom. The van der Waals surface area contributed by atoms with Crippen LogP contribution >= 0.6 is 0 Å². The number of nitrogens with one attached hydrogen (secondary N) is 2. The Labute approximate surface area is 171 Å². The Bertz CT molecular complexity index is 1290. The normalized spacial score (nSPS) is 10.8. The summed E-state index contributed by atoms with van der Waals surface area (Å²) in [7, 11) is -4.10. The number of nitrogens with zero attached hydrogens (tertiary/aromatic N) is 2. The molecule has 0 radical (unpaired) electrons. The maximum absolute atomic E-state index is 13.9.